The highest BCUT2D eigenvalue weighted by Gasteiger charge is 2.24. The van der Waals surface area contributed by atoms with Crippen LogP contribution >= 0.6 is 23.6 Å². The molecule has 3 rings (SSSR count). The lowest BCUT2D eigenvalue weighted by molar-refractivity contribution is -0.575. The maximum atomic E-state index is 10.8. The van der Waals surface area contributed by atoms with Crippen molar-refractivity contribution in [2.45, 2.75) is 0 Å². The average Bonchev–Trinajstić information content (AvgIpc) is 3.18. The van der Waals surface area contributed by atoms with E-state index in [1.807, 2.05) is 72.4 Å². The van der Waals surface area contributed by atoms with Crippen LogP contribution in [0.4, 0.5) is 5.69 Å². The zero-order chi connectivity index (χ0) is 17.6. The van der Waals surface area contributed by atoms with E-state index in [2.05, 4.69) is 5.32 Å². The minimum absolute atomic E-state index is 0.136. The molecule has 4 nitrogen and oxygen atoms in total. The van der Waals surface area contributed by atoms with Gasteiger partial charge in [-0.2, -0.15) is 4.57 Å². The van der Waals surface area contributed by atoms with Crippen molar-refractivity contribution in [1.82, 2.24) is 0 Å². The van der Waals surface area contributed by atoms with Crippen molar-refractivity contribution < 1.29 is 14.4 Å². The third-order valence-electron chi connectivity index (χ3n) is 3.52. The Morgan fingerprint density at radius 1 is 1.08 bits per heavy atom. The zero-order valence-corrected chi connectivity index (χ0v) is 15.2. The van der Waals surface area contributed by atoms with E-state index in [9.17, 15) is 5.11 Å². The van der Waals surface area contributed by atoms with Gasteiger partial charge in [-0.05, 0) is 35.7 Å². The van der Waals surface area contributed by atoms with Gasteiger partial charge in [0.05, 0.1) is 12.0 Å². The van der Waals surface area contributed by atoms with E-state index >= 15 is 0 Å². The third kappa shape index (κ3) is 4.04. The summed E-state index contributed by atoms with van der Waals surface area (Å²) in [7, 11) is 1.62. The van der Waals surface area contributed by atoms with Gasteiger partial charge in [0.15, 0.2) is 17.4 Å². The van der Waals surface area contributed by atoms with Crippen molar-refractivity contribution >= 4 is 45.7 Å². The Balaban J connectivity index is 1.96. The lowest BCUT2D eigenvalue weighted by Crippen LogP contribution is -2.38. The molecule has 0 unspecified atom stereocenters. The smallest absolute Gasteiger partial charge is 0.289 e. The predicted octanol–water partition coefficient (Wildman–Crippen LogP) is 4.37. The maximum absolute atomic E-state index is 10.8. The number of nitrogens with zero attached hydrogens (tertiary/aromatic N) is 1. The van der Waals surface area contributed by atoms with E-state index in [0.29, 0.717) is 10.7 Å². The summed E-state index contributed by atoms with van der Waals surface area (Å²) in [5.74, 6) is 0.906. The Hall–Kier alpha value is -2.70. The maximum Gasteiger partial charge on any atom is 0.289 e. The van der Waals surface area contributed by atoms with Crippen molar-refractivity contribution in [2.75, 3.05) is 12.4 Å². The molecule has 25 heavy (non-hydrogen) atoms. The summed E-state index contributed by atoms with van der Waals surface area (Å²) in [5, 5.41) is 15.9. The highest BCUT2D eigenvalue weighted by Crippen LogP contribution is 2.23. The molecular weight excluding hydrogens is 352 g/mol. The molecule has 2 heterocycles. The number of aliphatic hydroxyl groups is 1. The van der Waals surface area contributed by atoms with Crippen LogP contribution in [0.5, 0.6) is 5.75 Å². The second-order valence-corrected chi connectivity index (χ2v) is 6.50. The first-order valence-electron chi connectivity index (χ1n) is 7.58. The first kappa shape index (κ1) is 17.1. The molecule has 0 fully saturated rings. The Morgan fingerprint density at radius 3 is 2.40 bits per heavy atom. The van der Waals surface area contributed by atoms with Crippen LogP contribution in [0.15, 0.2) is 72.4 Å². The fraction of sp³-hybridized carbons (Fsp3) is 0.0526. The van der Waals surface area contributed by atoms with Gasteiger partial charge in [-0.3, -0.25) is 0 Å². The molecule has 2 aromatic heterocycles. The molecule has 0 spiro atoms. The minimum Gasteiger partial charge on any atom is -0.501 e. The molecule has 0 amide bonds. The van der Waals surface area contributed by atoms with E-state index in [0.717, 1.165) is 16.3 Å². The molecule has 0 aliphatic carbocycles. The van der Waals surface area contributed by atoms with E-state index in [1.165, 1.54) is 11.3 Å². The van der Waals surface area contributed by atoms with E-state index in [4.69, 9.17) is 17.0 Å². The standard InChI is InChI=1S/C19H16N2O2S2/c1-23-15-9-7-14(8-10-15)20-19(24)17(21-11-3-2-4-12-21)18(22)16-6-5-13-25-16/h2-13H,1H3,(H-,20,22,24)/p+1. The number of benzene rings is 1. The lowest BCUT2D eigenvalue weighted by Gasteiger charge is -2.10. The molecule has 6 heteroatoms. The summed E-state index contributed by atoms with van der Waals surface area (Å²) < 4.78 is 6.96. The van der Waals surface area contributed by atoms with Crippen molar-refractivity contribution in [3.05, 3.63) is 77.2 Å². The van der Waals surface area contributed by atoms with Gasteiger partial charge in [0, 0.05) is 17.8 Å². The van der Waals surface area contributed by atoms with Crippen LogP contribution in [0.2, 0.25) is 0 Å². The summed E-state index contributed by atoms with van der Waals surface area (Å²) in [6.45, 7) is 0. The SMILES string of the molecule is COc1ccc(NC(=S)/C(=C(\O)c2cccs2)[n+]2ccccc2)cc1. The molecule has 0 aliphatic heterocycles. The lowest BCUT2D eigenvalue weighted by atomic mass is 10.2. The summed E-state index contributed by atoms with van der Waals surface area (Å²) >= 11 is 7.03. The van der Waals surface area contributed by atoms with Crippen molar-refractivity contribution in [3.8, 4) is 5.75 Å². The molecule has 0 bridgehead atoms. The number of methoxy groups -OCH3 is 1. The van der Waals surface area contributed by atoms with Gasteiger partial charge in [0.2, 0.25) is 5.76 Å². The van der Waals surface area contributed by atoms with Crippen LogP contribution in [0, 0.1) is 0 Å². The Morgan fingerprint density at radius 2 is 1.80 bits per heavy atom. The molecule has 0 radical (unpaired) electrons. The second-order valence-electron chi connectivity index (χ2n) is 5.14. The van der Waals surface area contributed by atoms with Gasteiger partial charge in [0.1, 0.15) is 5.75 Å². The first-order chi connectivity index (χ1) is 12.2. The number of ether oxygens (including phenoxy) is 1. The molecule has 126 valence electrons. The molecule has 0 saturated heterocycles. The predicted molar refractivity (Wildman–Crippen MR) is 106 cm³/mol. The number of aliphatic hydroxyl groups excluding tert-OH is 1. The minimum atomic E-state index is 0.136. The van der Waals surface area contributed by atoms with Crippen LogP contribution in [-0.4, -0.2) is 17.2 Å². The Labute approximate surface area is 155 Å². The van der Waals surface area contributed by atoms with Gasteiger partial charge >= 0.3 is 0 Å². The van der Waals surface area contributed by atoms with Crippen LogP contribution in [0.3, 0.4) is 0 Å². The van der Waals surface area contributed by atoms with E-state index in [-0.39, 0.29) is 5.76 Å². The molecule has 2 N–H and O–H groups in total. The van der Waals surface area contributed by atoms with E-state index in [1.54, 1.807) is 11.7 Å². The highest BCUT2D eigenvalue weighted by atomic mass is 32.1. The number of rotatable bonds is 5. The highest BCUT2D eigenvalue weighted by molar-refractivity contribution is 7.81. The monoisotopic (exact) mass is 369 g/mol. The normalized spacial score (nSPS) is 11.6. The van der Waals surface area contributed by atoms with Gasteiger partial charge in [-0.15, -0.1) is 11.3 Å². The molecule has 0 atom stereocenters. The van der Waals surface area contributed by atoms with Crippen molar-refractivity contribution in [2.24, 2.45) is 0 Å². The summed E-state index contributed by atoms with van der Waals surface area (Å²) in [6, 6.07) is 16.9. The molecule has 3 aromatic rings. The summed E-state index contributed by atoms with van der Waals surface area (Å²) in [5.41, 5.74) is 1.34. The molecule has 0 aliphatic rings. The number of nitrogens with one attached hydrogen (secondary N) is 1. The Kier molecular flexibility index (Phi) is 5.42. The third-order valence-corrected chi connectivity index (χ3v) is 4.69. The topological polar surface area (TPSA) is 45.4 Å². The summed E-state index contributed by atoms with van der Waals surface area (Å²) in [4.78, 5) is 1.18. The van der Waals surface area contributed by atoms with Crippen LogP contribution < -0.4 is 14.6 Å². The van der Waals surface area contributed by atoms with Crippen molar-refractivity contribution in [3.63, 3.8) is 0 Å². The largest absolute Gasteiger partial charge is 0.501 e. The average molecular weight is 369 g/mol. The zero-order valence-electron chi connectivity index (χ0n) is 13.5. The molecule has 1 aromatic carbocycles. The Bertz CT molecular complexity index is 874. The van der Waals surface area contributed by atoms with Gasteiger partial charge in [0.25, 0.3) is 5.70 Å². The number of thiocarbonyl (C=S) groups is 1. The number of hydrogen-bond acceptors (Lipinski definition) is 4. The first-order valence-corrected chi connectivity index (χ1v) is 8.87. The number of aromatic nitrogens is 1. The number of pyridine rings is 1. The number of hydrogen-bond donors (Lipinski definition) is 2. The van der Waals surface area contributed by atoms with Crippen molar-refractivity contribution in [1.29, 1.82) is 0 Å². The fourth-order valence-corrected chi connectivity index (χ4v) is 3.28. The second kappa shape index (κ2) is 7.92. The molecule has 0 saturated carbocycles. The quantitative estimate of drug-likeness (QED) is 0.303. The molecular formula is C19H17N2O2S2+. The van der Waals surface area contributed by atoms with Crippen LogP contribution in [0.1, 0.15) is 4.88 Å². The summed E-state index contributed by atoms with van der Waals surface area (Å²) in [6.07, 6.45) is 3.70. The van der Waals surface area contributed by atoms with Crippen LogP contribution in [-0.2, 0) is 0 Å². The van der Waals surface area contributed by atoms with Crippen LogP contribution in [0.25, 0.3) is 11.5 Å². The van der Waals surface area contributed by atoms with Gasteiger partial charge in [-0.25, -0.2) is 0 Å². The number of anilines is 1. The number of thiophene rings is 1. The van der Waals surface area contributed by atoms with E-state index < -0.39 is 0 Å². The van der Waals surface area contributed by atoms with Gasteiger partial charge < -0.3 is 15.2 Å². The fourth-order valence-electron chi connectivity index (χ4n) is 2.29. The van der Waals surface area contributed by atoms with Gasteiger partial charge in [-0.1, -0.05) is 24.4 Å².